The van der Waals surface area contributed by atoms with E-state index in [1.165, 1.54) is 44.9 Å². The number of hydrogen-bond donors (Lipinski definition) is 0. The lowest BCUT2D eigenvalue weighted by Gasteiger charge is -2.28. The molecule has 0 aromatic carbocycles. The lowest BCUT2D eigenvalue weighted by molar-refractivity contribution is -0.170. The lowest BCUT2D eigenvalue weighted by atomic mass is 9.90. The highest BCUT2D eigenvalue weighted by molar-refractivity contribution is 4.68. The van der Waals surface area contributed by atoms with Gasteiger partial charge >= 0.3 is 0 Å². The second-order valence-electron chi connectivity index (χ2n) is 7.05. The average molecular weight is 357 g/mol. The average Bonchev–Trinajstić information content (AvgIpc) is 2.60. The normalized spacial score (nSPS) is 14.3. The Morgan fingerprint density at radius 2 is 1.48 bits per heavy atom. The third kappa shape index (κ3) is 14.3. The van der Waals surface area contributed by atoms with Gasteiger partial charge in [0, 0.05) is 19.1 Å². The molecule has 3 nitrogen and oxygen atoms in total. The summed E-state index contributed by atoms with van der Waals surface area (Å²) in [5.74, 6) is 1.30. The molecule has 0 aliphatic heterocycles. The Balaban J connectivity index is 4.34. The molecule has 0 fully saturated rings. The van der Waals surface area contributed by atoms with Crippen molar-refractivity contribution in [2.75, 3.05) is 19.8 Å². The Morgan fingerprint density at radius 3 is 2.08 bits per heavy atom. The first-order valence-electron chi connectivity index (χ1n) is 10.6. The molecule has 0 rings (SSSR count). The molecule has 0 aromatic rings. The highest BCUT2D eigenvalue weighted by atomic mass is 16.7. The van der Waals surface area contributed by atoms with Crippen LogP contribution in [0.2, 0.25) is 0 Å². The Morgan fingerprint density at radius 1 is 0.800 bits per heavy atom. The van der Waals surface area contributed by atoms with Crippen LogP contribution in [-0.4, -0.2) is 26.1 Å². The van der Waals surface area contributed by atoms with Gasteiger partial charge in [-0.25, -0.2) is 0 Å². The van der Waals surface area contributed by atoms with Crippen LogP contribution in [0.1, 0.15) is 92.4 Å². The van der Waals surface area contributed by atoms with Crippen LogP contribution in [0.3, 0.4) is 0 Å². The molecule has 0 aromatic heterocycles. The summed E-state index contributed by atoms with van der Waals surface area (Å²) in [5, 5.41) is 0. The molecular formula is C22H44O3. The smallest absolute Gasteiger partial charge is 0.160 e. The van der Waals surface area contributed by atoms with E-state index in [0.29, 0.717) is 5.92 Å². The molecule has 0 saturated heterocycles. The predicted octanol–water partition coefficient (Wildman–Crippen LogP) is 6.72. The van der Waals surface area contributed by atoms with E-state index < -0.39 is 0 Å². The van der Waals surface area contributed by atoms with Gasteiger partial charge in [-0.3, -0.25) is 0 Å². The van der Waals surface area contributed by atoms with Crippen LogP contribution in [-0.2, 0) is 14.2 Å². The zero-order chi connectivity index (χ0) is 18.8. The topological polar surface area (TPSA) is 27.7 Å². The lowest BCUT2D eigenvalue weighted by Crippen LogP contribution is -2.28. The minimum Gasteiger partial charge on any atom is -0.502 e. The summed E-state index contributed by atoms with van der Waals surface area (Å²) in [6, 6.07) is 0. The fourth-order valence-corrected chi connectivity index (χ4v) is 3.21. The Kier molecular flexibility index (Phi) is 17.9. The van der Waals surface area contributed by atoms with Gasteiger partial charge in [0.1, 0.15) is 0 Å². The van der Waals surface area contributed by atoms with Crippen LogP contribution >= 0.6 is 0 Å². The van der Waals surface area contributed by atoms with Crippen LogP contribution in [0.15, 0.2) is 12.3 Å². The predicted molar refractivity (Wildman–Crippen MR) is 108 cm³/mol. The van der Waals surface area contributed by atoms with Crippen LogP contribution in [0.25, 0.3) is 0 Å². The van der Waals surface area contributed by atoms with Crippen LogP contribution < -0.4 is 0 Å². The van der Waals surface area contributed by atoms with Crippen molar-refractivity contribution in [3.8, 4) is 0 Å². The molecule has 3 heteroatoms. The zero-order valence-electron chi connectivity index (χ0n) is 17.6. The molecule has 0 saturated carbocycles. The van der Waals surface area contributed by atoms with E-state index in [2.05, 4.69) is 27.7 Å². The van der Waals surface area contributed by atoms with Crippen molar-refractivity contribution < 1.29 is 14.2 Å². The Bertz CT molecular complexity index is 285. The van der Waals surface area contributed by atoms with Gasteiger partial charge < -0.3 is 14.2 Å². The second-order valence-corrected chi connectivity index (χ2v) is 7.05. The van der Waals surface area contributed by atoms with E-state index >= 15 is 0 Å². The van der Waals surface area contributed by atoms with Crippen LogP contribution in [0.5, 0.6) is 0 Å². The second kappa shape index (κ2) is 18.3. The van der Waals surface area contributed by atoms with Crippen LogP contribution in [0, 0.1) is 11.8 Å². The minimum absolute atomic E-state index is 0.0469. The molecule has 0 aliphatic rings. The fourth-order valence-electron chi connectivity index (χ4n) is 3.21. The first kappa shape index (κ1) is 24.5. The molecule has 0 spiro atoms. The van der Waals surface area contributed by atoms with E-state index in [1.807, 2.05) is 13.0 Å². The highest BCUT2D eigenvalue weighted by Gasteiger charge is 2.22. The number of hydrogen-bond acceptors (Lipinski definition) is 3. The van der Waals surface area contributed by atoms with Crippen molar-refractivity contribution in [1.82, 2.24) is 0 Å². The van der Waals surface area contributed by atoms with Crippen molar-refractivity contribution >= 4 is 0 Å². The summed E-state index contributed by atoms with van der Waals surface area (Å²) in [7, 11) is 0. The summed E-state index contributed by atoms with van der Waals surface area (Å²) >= 11 is 0. The molecule has 150 valence electrons. The number of allylic oxidation sites excluding steroid dienone is 1. The summed E-state index contributed by atoms with van der Waals surface area (Å²) < 4.78 is 17.2. The quantitative estimate of drug-likeness (QED) is 0.155. The number of ether oxygens (including phenoxy) is 3. The summed E-state index contributed by atoms with van der Waals surface area (Å²) in [4.78, 5) is 0. The number of unbranched alkanes of at least 4 members (excludes halogenated alkanes) is 3. The van der Waals surface area contributed by atoms with Gasteiger partial charge in [-0.15, -0.1) is 0 Å². The first-order chi connectivity index (χ1) is 12.2. The maximum atomic E-state index is 5.91. The molecule has 0 radical (unpaired) electrons. The molecule has 2 atom stereocenters. The maximum absolute atomic E-state index is 5.91. The van der Waals surface area contributed by atoms with Gasteiger partial charge in [0.15, 0.2) is 6.29 Å². The van der Waals surface area contributed by atoms with Crippen LogP contribution in [0.4, 0.5) is 0 Å². The van der Waals surface area contributed by atoms with Crippen molar-refractivity contribution in [3.63, 3.8) is 0 Å². The number of rotatable bonds is 18. The van der Waals surface area contributed by atoms with Gasteiger partial charge in [0.2, 0.25) is 0 Å². The standard InChI is InChI=1S/C22H44O3/c1-6-10-11-14-20(5)16-17-21(22(24-8-3)25-9-4)15-12-13-19-23-18-7-2/h7,18,20-22H,6,8-17,19H2,1-5H3. The Hall–Kier alpha value is -0.540. The Labute approximate surface area is 157 Å². The van der Waals surface area contributed by atoms with Crippen molar-refractivity contribution in [3.05, 3.63) is 12.3 Å². The van der Waals surface area contributed by atoms with Gasteiger partial charge in [-0.2, -0.15) is 0 Å². The summed E-state index contributed by atoms with van der Waals surface area (Å²) in [6.07, 6.45) is 15.0. The molecular weight excluding hydrogens is 312 g/mol. The third-order valence-electron chi connectivity index (χ3n) is 4.70. The largest absolute Gasteiger partial charge is 0.502 e. The first-order valence-corrected chi connectivity index (χ1v) is 10.6. The van der Waals surface area contributed by atoms with E-state index in [-0.39, 0.29) is 6.29 Å². The van der Waals surface area contributed by atoms with E-state index in [0.717, 1.165) is 38.6 Å². The van der Waals surface area contributed by atoms with Crippen molar-refractivity contribution in [2.45, 2.75) is 98.7 Å². The zero-order valence-corrected chi connectivity index (χ0v) is 17.6. The molecule has 0 amide bonds. The summed E-state index contributed by atoms with van der Waals surface area (Å²) in [5.41, 5.74) is 0. The molecule has 0 aliphatic carbocycles. The minimum atomic E-state index is -0.0469. The van der Waals surface area contributed by atoms with Crippen molar-refractivity contribution in [2.24, 2.45) is 11.8 Å². The summed E-state index contributed by atoms with van der Waals surface area (Å²) in [6.45, 7) is 13.0. The van der Waals surface area contributed by atoms with E-state index in [4.69, 9.17) is 14.2 Å². The molecule has 2 unspecified atom stereocenters. The molecule has 0 heterocycles. The molecule has 25 heavy (non-hydrogen) atoms. The van der Waals surface area contributed by atoms with E-state index in [1.54, 1.807) is 6.26 Å². The SMILES string of the molecule is CC=COCCCCC(CCC(C)CCCCC)C(OCC)OCC. The fraction of sp³-hybridized carbons (Fsp3) is 0.909. The van der Waals surface area contributed by atoms with Crippen molar-refractivity contribution in [1.29, 1.82) is 0 Å². The third-order valence-corrected chi connectivity index (χ3v) is 4.70. The monoisotopic (exact) mass is 356 g/mol. The highest BCUT2D eigenvalue weighted by Crippen LogP contribution is 2.26. The maximum Gasteiger partial charge on any atom is 0.160 e. The molecule has 0 bridgehead atoms. The molecule has 0 N–H and O–H groups in total. The van der Waals surface area contributed by atoms with Gasteiger partial charge in [-0.05, 0) is 52.4 Å². The van der Waals surface area contributed by atoms with Gasteiger partial charge in [-0.1, -0.05) is 52.0 Å². The van der Waals surface area contributed by atoms with E-state index in [9.17, 15) is 0 Å². The van der Waals surface area contributed by atoms with Gasteiger partial charge in [0.25, 0.3) is 0 Å². The van der Waals surface area contributed by atoms with Gasteiger partial charge in [0.05, 0.1) is 12.9 Å².